The first-order valence-electron chi connectivity index (χ1n) is 5.44. The molecule has 0 aromatic heterocycles. The van der Waals surface area contributed by atoms with Crippen molar-refractivity contribution in [1.82, 2.24) is 4.90 Å². The monoisotopic (exact) mass is 239 g/mol. The van der Waals surface area contributed by atoms with Gasteiger partial charge in [-0.25, -0.2) is 4.39 Å². The molecule has 3 N–H and O–H groups in total. The average molecular weight is 239 g/mol. The minimum absolute atomic E-state index is 0.149. The third-order valence-electron chi connectivity index (χ3n) is 2.73. The third-order valence-corrected chi connectivity index (χ3v) is 2.73. The Morgan fingerprint density at radius 3 is 2.59 bits per heavy atom. The topological polar surface area (TPSA) is 61.9 Å². The lowest BCUT2D eigenvalue weighted by atomic mass is 10.1. The minimum Gasteiger partial charge on any atom is -0.409 e. The molecule has 0 saturated carbocycles. The van der Waals surface area contributed by atoms with E-state index in [0.29, 0.717) is 13.0 Å². The molecule has 4 nitrogen and oxygen atoms in total. The summed E-state index contributed by atoms with van der Waals surface area (Å²) < 4.78 is 12.7. The zero-order valence-corrected chi connectivity index (χ0v) is 10.1. The molecule has 5 heteroatoms. The summed E-state index contributed by atoms with van der Waals surface area (Å²) in [7, 11) is 1.94. The van der Waals surface area contributed by atoms with Gasteiger partial charge in [-0.3, -0.25) is 4.90 Å². The first-order chi connectivity index (χ1) is 8.02. The largest absolute Gasteiger partial charge is 0.409 e. The molecular weight excluding hydrogens is 221 g/mol. The molecular formula is C12H18FN3O. The van der Waals surface area contributed by atoms with Crippen LogP contribution >= 0.6 is 0 Å². The van der Waals surface area contributed by atoms with Gasteiger partial charge in [-0.2, -0.15) is 0 Å². The number of hydrogen-bond acceptors (Lipinski definition) is 3. The second kappa shape index (κ2) is 6.20. The number of oxime groups is 1. The number of nitrogens with two attached hydrogens (primary N) is 1. The molecule has 0 aliphatic carbocycles. The van der Waals surface area contributed by atoms with Crippen molar-refractivity contribution in [2.24, 2.45) is 10.9 Å². The van der Waals surface area contributed by atoms with Crippen molar-refractivity contribution in [2.45, 2.75) is 25.9 Å². The minimum atomic E-state index is -0.235. The van der Waals surface area contributed by atoms with Crippen LogP contribution < -0.4 is 5.73 Å². The zero-order chi connectivity index (χ0) is 12.8. The summed E-state index contributed by atoms with van der Waals surface area (Å²) >= 11 is 0. The highest BCUT2D eigenvalue weighted by Crippen LogP contribution is 2.09. The molecule has 0 aliphatic rings. The second-order valence-corrected chi connectivity index (χ2v) is 4.19. The van der Waals surface area contributed by atoms with Gasteiger partial charge in [0, 0.05) is 19.0 Å². The second-order valence-electron chi connectivity index (χ2n) is 4.19. The van der Waals surface area contributed by atoms with E-state index in [2.05, 4.69) is 10.1 Å². The van der Waals surface area contributed by atoms with Crippen LogP contribution in [0.5, 0.6) is 0 Å². The van der Waals surface area contributed by atoms with Crippen molar-refractivity contribution in [1.29, 1.82) is 0 Å². The van der Waals surface area contributed by atoms with Crippen LogP contribution in [0.1, 0.15) is 18.9 Å². The van der Waals surface area contributed by atoms with Crippen LogP contribution in [-0.4, -0.2) is 29.0 Å². The maximum atomic E-state index is 12.7. The van der Waals surface area contributed by atoms with Gasteiger partial charge in [0.25, 0.3) is 0 Å². The highest BCUT2D eigenvalue weighted by Gasteiger charge is 2.11. The van der Waals surface area contributed by atoms with Crippen LogP contribution in [0.4, 0.5) is 4.39 Å². The quantitative estimate of drug-likeness (QED) is 0.356. The van der Waals surface area contributed by atoms with Crippen LogP contribution in [-0.2, 0) is 6.54 Å². The van der Waals surface area contributed by atoms with Crippen LogP contribution in [0.25, 0.3) is 0 Å². The third kappa shape index (κ3) is 4.40. The lowest BCUT2D eigenvalue weighted by Gasteiger charge is -2.24. The average Bonchev–Trinajstić information content (AvgIpc) is 2.31. The Morgan fingerprint density at radius 1 is 1.47 bits per heavy atom. The fraction of sp³-hybridized carbons (Fsp3) is 0.417. The molecule has 0 heterocycles. The fourth-order valence-electron chi connectivity index (χ4n) is 1.53. The predicted octanol–water partition coefficient (Wildman–Crippen LogP) is 1.78. The van der Waals surface area contributed by atoms with Gasteiger partial charge in [-0.05, 0) is 31.7 Å². The molecule has 1 unspecified atom stereocenters. The molecule has 0 saturated heterocycles. The predicted molar refractivity (Wildman–Crippen MR) is 65.4 cm³/mol. The summed E-state index contributed by atoms with van der Waals surface area (Å²) in [4.78, 5) is 2.06. The summed E-state index contributed by atoms with van der Waals surface area (Å²) in [5.41, 5.74) is 6.48. The molecule has 1 aromatic rings. The van der Waals surface area contributed by atoms with Gasteiger partial charge in [0.1, 0.15) is 11.7 Å². The molecule has 0 bridgehead atoms. The summed E-state index contributed by atoms with van der Waals surface area (Å²) in [6, 6.07) is 6.54. The van der Waals surface area contributed by atoms with Gasteiger partial charge in [0.15, 0.2) is 0 Å². The number of halogens is 1. The maximum Gasteiger partial charge on any atom is 0.140 e. The fourth-order valence-corrected chi connectivity index (χ4v) is 1.53. The number of rotatable bonds is 5. The molecule has 1 atom stereocenters. The standard InChI is InChI=1S/C12H18FN3O/c1-9(7-12(14)15-17)16(2)8-10-3-5-11(13)6-4-10/h3-6,9,17H,7-8H2,1-2H3,(H2,14,15). The first-order valence-corrected chi connectivity index (χ1v) is 5.44. The van der Waals surface area contributed by atoms with Gasteiger partial charge in [0.05, 0.1) is 0 Å². The van der Waals surface area contributed by atoms with E-state index < -0.39 is 0 Å². The maximum absolute atomic E-state index is 12.7. The smallest absolute Gasteiger partial charge is 0.140 e. The molecule has 0 spiro atoms. The van der Waals surface area contributed by atoms with Crippen LogP contribution in [0.15, 0.2) is 29.4 Å². The van der Waals surface area contributed by atoms with E-state index in [0.717, 1.165) is 5.56 Å². The number of nitrogens with zero attached hydrogens (tertiary/aromatic N) is 2. The van der Waals surface area contributed by atoms with Gasteiger partial charge < -0.3 is 10.9 Å². The van der Waals surface area contributed by atoms with Crippen LogP contribution in [0, 0.1) is 5.82 Å². The molecule has 17 heavy (non-hydrogen) atoms. The van der Waals surface area contributed by atoms with Crippen molar-refractivity contribution >= 4 is 5.84 Å². The van der Waals surface area contributed by atoms with E-state index in [4.69, 9.17) is 10.9 Å². The van der Waals surface area contributed by atoms with Gasteiger partial charge in [-0.15, -0.1) is 0 Å². The van der Waals surface area contributed by atoms with Crippen LogP contribution in [0.3, 0.4) is 0 Å². The Kier molecular flexibility index (Phi) is 4.90. The molecule has 0 radical (unpaired) electrons. The van der Waals surface area contributed by atoms with Crippen molar-refractivity contribution in [3.05, 3.63) is 35.6 Å². The van der Waals surface area contributed by atoms with Gasteiger partial charge >= 0.3 is 0 Å². The van der Waals surface area contributed by atoms with Gasteiger partial charge in [-0.1, -0.05) is 17.3 Å². The summed E-state index contributed by atoms with van der Waals surface area (Å²) in [6.07, 6.45) is 0.494. The summed E-state index contributed by atoms with van der Waals surface area (Å²) in [5, 5.41) is 11.4. The molecule has 0 amide bonds. The highest BCUT2D eigenvalue weighted by molar-refractivity contribution is 5.80. The van der Waals surface area contributed by atoms with Crippen LogP contribution in [0.2, 0.25) is 0 Å². The zero-order valence-electron chi connectivity index (χ0n) is 10.1. The number of benzene rings is 1. The lowest BCUT2D eigenvalue weighted by molar-refractivity contribution is 0.251. The highest BCUT2D eigenvalue weighted by atomic mass is 19.1. The SMILES string of the molecule is CC(CC(N)=NO)N(C)Cc1ccc(F)cc1. The van der Waals surface area contributed by atoms with E-state index >= 15 is 0 Å². The first kappa shape index (κ1) is 13.4. The van der Waals surface area contributed by atoms with E-state index in [1.807, 2.05) is 14.0 Å². The van der Waals surface area contributed by atoms with E-state index in [-0.39, 0.29) is 17.7 Å². The normalized spacial score (nSPS) is 14.0. The number of hydrogen-bond donors (Lipinski definition) is 2. The Bertz CT molecular complexity index is 378. The molecule has 0 fully saturated rings. The summed E-state index contributed by atoms with van der Waals surface area (Å²) in [6.45, 7) is 2.68. The Hall–Kier alpha value is -1.62. The molecule has 1 rings (SSSR count). The molecule has 0 aliphatic heterocycles. The Balaban J connectivity index is 2.53. The molecule has 1 aromatic carbocycles. The van der Waals surface area contributed by atoms with Crippen molar-refractivity contribution in [3.8, 4) is 0 Å². The van der Waals surface area contributed by atoms with Crippen molar-refractivity contribution in [3.63, 3.8) is 0 Å². The van der Waals surface area contributed by atoms with E-state index in [1.165, 1.54) is 12.1 Å². The Labute approximate surface area is 101 Å². The molecule has 94 valence electrons. The Morgan fingerprint density at radius 2 is 2.06 bits per heavy atom. The van der Waals surface area contributed by atoms with Gasteiger partial charge in [0.2, 0.25) is 0 Å². The number of amidine groups is 1. The van der Waals surface area contributed by atoms with E-state index in [1.54, 1.807) is 12.1 Å². The van der Waals surface area contributed by atoms with Crippen molar-refractivity contribution < 1.29 is 9.60 Å². The van der Waals surface area contributed by atoms with E-state index in [9.17, 15) is 4.39 Å². The summed E-state index contributed by atoms with van der Waals surface area (Å²) in [5.74, 6) is -0.0236. The van der Waals surface area contributed by atoms with Crippen molar-refractivity contribution in [2.75, 3.05) is 7.05 Å². The lowest BCUT2D eigenvalue weighted by Crippen LogP contribution is -2.32.